The van der Waals surface area contributed by atoms with Crippen LogP contribution in [0.2, 0.25) is 0 Å². The van der Waals surface area contributed by atoms with Crippen molar-refractivity contribution in [3.05, 3.63) is 22.7 Å². The first kappa shape index (κ1) is 19.9. The predicted octanol–water partition coefficient (Wildman–Crippen LogP) is -3.02. The molecule has 1 fully saturated rings. The molecule has 2 heterocycles. The number of ether oxygens (including phenoxy) is 3. The molecule has 1 aliphatic heterocycles. The van der Waals surface area contributed by atoms with Gasteiger partial charge in [-0.2, -0.15) is 4.98 Å². The van der Waals surface area contributed by atoms with Crippen LogP contribution in [-0.4, -0.2) is 82.0 Å². The molecule has 4 unspecified atom stereocenters. The summed E-state index contributed by atoms with van der Waals surface area (Å²) in [4.78, 5) is 38.2. The number of hydrogen-bond donors (Lipinski definition) is 4. The topological polar surface area (TPSA) is 169 Å². The highest BCUT2D eigenvalue weighted by Gasteiger charge is 2.43. The molecular formula is C14H19N3O9. The van der Waals surface area contributed by atoms with E-state index in [0.29, 0.717) is 0 Å². The van der Waals surface area contributed by atoms with E-state index in [-0.39, 0.29) is 5.82 Å². The Morgan fingerprint density at radius 2 is 2.08 bits per heavy atom. The monoisotopic (exact) mass is 373 g/mol. The molecule has 26 heavy (non-hydrogen) atoms. The predicted molar refractivity (Wildman–Crippen MR) is 83.0 cm³/mol. The van der Waals surface area contributed by atoms with Gasteiger partial charge in [0.05, 0.1) is 13.7 Å². The number of hydrogen-bond acceptors (Lipinski definition) is 10. The van der Waals surface area contributed by atoms with E-state index >= 15 is 0 Å². The van der Waals surface area contributed by atoms with Crippen molar-refractivity contribution in [2.24, 2.45) is 0 Å². The number of nitrogens with one attached hydrogen (secondary N) is 1. The first-order valence-corrected chi connectivity index (χ1v) is 7.53. The van der Waals surface area contributed by atoms with Gasteiger partial charge in [-0.1, -0.05) is 0 Å². The van der Waals surface area contributed by atoms with Crippen LogP contribution in [0.4, 0.5) is 5.82 Å². The molecule has 0 spiro atoms. The van der Waals surface area contributed by atoms with Crippen LogP contribution < -0.4 is 11.0 Å². The van der Waals surface area contributed by atoms with Gasteiger partial charge in [0, 0.05) is 6.20 Å². The second kappa shape index (κ2) is 8.82. The van der Waals surface area contributed by atoms with Gasteiger partial charge in [0.1, 0.15) is 37.3 Å². The van der Waals surface area contributed by atoms with Crippen molar-refractivity contribution in [1.82, 2.24) is 9.55 Å². The van der Waals surface area contributed by atoms with E-state index in [1.54, 1.807) is 0 Å². The Bertz CT molecular complexity index is 707. The summed E-state index contributed by atoms with van der Waals surface area (Å²) in [5.41, 5.74) is -0.854. The molecule has 0 aliphatic carbocycles. The van der Waals surface area contributed by atoms with Crippen molar-refractivity contribution in [2.75, 3.05) is 32.2 Å². The Morgan fingerprint density at radius 3 is 2.65 bits per heavy atom. The van der Waals surface area contributed by atoms with E-state index in [9.17, 15) is 24.6 Å². The average Bonchev–Trinajstić information content (AvgIpc) is 2.89. The van der Waals surface area contributed by atoms with Crippen molar-refractivity contribution in [3.8, 4) is 0 Å². The Kier molecular flexibility index (Phi) is 6.76. The molecule has 0 radical (unpaired) electrons. The highest BCUT2D eigenvalue weighted by atomic mass is 16.6. The Labute approximate surface area is 146 Å². The van der Waals surface area contributed by atoms with Crippen molar-refractivity contribution < 1.29 is 39.1 Å². The summed E-state index contributed by atoms with van der Waals surface area (Å²) in [5, 5.41) is 31.0. The minimum absolute atomic E-state index is 0.0790. The van der Waals surface area contributed by atoms with Crippen LogP contribution in [0, 0.1) is 0 Å². The maximum atomic E-state index is 12.1. The summed E-state index contributed by atoms with van der Waals surface area (Å²) in [6.07, 6.45) is -3.84. The molecule has 1 aliphatic rings. The van der Waals surface area contributed by atoms with Gasteiger partial charge in [-0.15, -0.1) is 0 Å². The summed E-state index contributed by atoms with van der Waals surface area (Å²) >= 11 is 0. The molecule has 4 N–H and O–H groups in total. The molecule has 1 aromatic heterocycles. The van der Waals surface area contributed by atoms with Gasteiger partial charge >= 0.3 is 11.7 Å². The molecule has 12 heteroatoms. The molecule has 12 nitrogen and oxygen atoms in total. The normalized spacial score (nSPS) is 25.1. The van der Waals surface area contributed by atoms with E-state index in [0.717, 1.165) is 4.57 Å². The molecule has 0 saturated carbocycles. The fourth-order valence-corrected chi connectivity index (χ4v) is 2.25. The number of aliphatic hydroxyl groups is 3. The van der Waals surface area contributed by atoms with Crippen LogP contribution in [0.5, 0.6) is 0 Å². The molecule has 1 amide bonds. The fourth-order valence-electron chi connectivity index (χ4n) is 2.25. The van der Waals surface area contributed by atoms with Gasteiger partial charge in [0.25, 0.3) is 5.91 Å². The number of carbonyl (C=O) groups is 2. The lowest BCUT2D eigenvalue weighted by Gasteiger charge is -2.17. The number of anilines is 1. The fraction of sp³-hybridized carbons (Fsp3) is 0.571. The average molecular weight is 373 g/mol. The molecular weight excluding hydrogens is 354 g/mol. The molecule has 0 bridgehead atoms. The number of rotatable bonds is 7. The summed E-state index contributed by atoms with van der Waals surface area (Å²) in [6.45, 7) is -1.38. The van der Waals surface area contributed by atoms with E-state index in [2.05, 4.69) is 15.0 Å². The van der Waals surface area contributed by atoms with Crippen molar-refractivity contribution >= 4 is 17.7 Å². The molecule has 144 valence electrons. The van der Waals surface area contributed by atoms with Gasteiger partial charge in [-0.05, 0) is 6.07 Å². The zero-order chi connectivity index (χ0) is 19.3. The third-order valence-electron chi connectivity index (χ3n) is 3.57. The number of aliphatic hydroxyl groups excluding tert-OH is 3. The molecule has 2 rings (SSSR count). The molecule has 4 atom stereocenters. The summed E-state index contributed by atoms with van der Waals surface area (Å²) in [7, 11) is 1.18. The maximum absolute atomic E-state index is 12.1. The van der Waals surface area contributed by atoms with Crippen LogP contribution in [0.1, 0.15) is 6.23 Å². The summed E-state index contributed by atoms with van der Waals surface area (Å²) in [5.74, 6) is -1.37. The highest BCUT2D eigenvalue weighted by Crippen LogP contribution is 2.28. The second-order valence-corrected chi connectivity index (χ2v) is 5.35. The summed E-state index contributed by atoms with van der Waals surface area (Å²) in [6, 6.07) is 1.27. The Balaban J connectivity index is 1.98. The SMILES string of the molecule is COC(=O)COCC(=O)Nc1ccn(C2OC(CO)C(O)C2O)c(=O)n1. The zero-order valence-corrected chi connectivity index (χ0v) is 13.8. The minimum Gasteiger partial charge on any atom is -0.467 e. The van der Waals surface area contributed by atoms with E-state index < -0.39 is 61.9 Å². The molecule has 1 saturated heterocycles. The second-order valence-electron chi connectivity index (χ2n) is 5.35. The molecule has 1 aromatic rings. The highest BCUT2D eigenvalue weighted by molar-refractivity contribution is 5.90. The van der Waals surface area contributed by atoms with Crippen LogP contribution >= 0.6 is 0 Å². The van der Waals surface area contributed by atoms with Crippen molar-refractivity contribution in [1.29, 1.82) is 0 Å². The molecule has 0 aromatic carbocycles. The largest absolute Gasteiger partial charge is 0.467 e. The zero-order valence-electron chi connectivity index (χ0n) is 13.8. The smallest absolute Gasteiger partial charge is 0.351 e. The Hall–Kier alpha value is -2.38. The lowest BCUT2D eigenvalue weighted by Crippen LogP contribution is -2.36. The van der Waals surface area contributed by atoms with Crippen LogP contribution in [0.25, 0.3) is 0 Å². The number of nitrogens with zero attached hydrogens (tertiary/aromatic N) is 2. The van der Waals surface area contributed by atoms with Gasteiger partial charge in [0.15, 0.2) is 6.23 Å². The Morgan fingerprint density at radius 1 is 1.35 bits per heavy atom. The van der Waals surface area contributed by atoms with Gasteiger partial charge < -0.3 is 34.8 Å². The lowest BCUT2D eigenvalue weighted by molar-refractivity contribution is -0.146. The van der Waals surface area contributed by atoms with Gasteiger partial charge in [-0.25, -0.2) is 9.59 Å². The van der Waals surface area contributed by atoms with Gasteiger partial charge in [0.2, 0.25) is 0 Å². The quantitative estimate of drug-likeness (QED) is 0.361. The number of methoxy groups -OCH3 is 1. The summed E-state index contributed by atoms with van der Waals surface area (Å²) < 4.78 is 15.3. The maximum Gasteiger partial charge on any atom is 0.351 e. The van der Waals surface area contributed by atoms with E-state index in [4.69, 9.17) is 14.6 Å². The lowest BCUT2D eigenvalue weighted by atomic mass is 10.1. The number of amides is 1. The minimum atomic E-state index is -1.43. The van der Waals surface area contributed by atoms with Crippen molar-refractivity contribution in [3.63, 3.8) is 0 Å². The number of esters is 1. The standard InChI is InChI=1S/C14H19N3O9/c1-24-10(20)6-25-5-9(19)15-8-2-3-17(14(23)16-8)13-12(22)11(21)7(4-18)26-13/h2-3,7,11-13,18,21-22H,4-6H2,1H3,(H,15,16,19,23). The van der Waals surface area contributed by atoms with Gasteiger partial charge in [-0.3, -0.25) is 9.36 Å². The third kappa shape index (κ3) is 4.62. The third-order valence-corrected chi connectivity index (χ3v) is 3.57. The first-order chi connectivity index (χ1) is 12.4. The van der Waals surface area contributed by atoms with Crippen LogP contribution in [-0.2, 0) is 23.8 Å². The number of carbonyl (C=O) groups excluding carboxylic acids is 2. The number of aromatic nitrogens is 2. The van der Waals surface area contributed by atoms with Crippen molar-refractivity contribution in [2.45, 2.75) is 24.5 Å². The van der Waals surface area contributed by atoms with Crippen LogP contribution in [0.3, 0.4) is 0 Å². The van der Waals surface area contributed by atoms with E-state index in [1.165, 1.54) is 19.4 Å². The van der Waals surface area contributed by atoms with E-state index in [1.807, 2.05) is 0 Å². The first-order valence-electron chi connectivity index (χ1n) is 7.53. The van der Waals surface area contributed by atoms with Crippen LogP contribution in [0.15, 0.2) is 17.1 Å².